The molecule has 5 atom stereocenters. The number of hydrogen-bond donors (Lipinski definition) is 0. The van der Waals surface area contributed by atoms with E-state index in [0.29, 0.717) is 29.7 Å². The Morgan fingerprint density at radius 3 is 2.12 bits per heavy atom. The second kappa shape index (κ2) is 10.7. The van der Waals surface area contributed by atoms with Crippen LogP contribution in [0.2, 0.25) is 0 Å². The number of carbonyl (C=O) groups is 1. The van der Waals surface area contributed by atoms with E-state index in [1.54, 1.807) is 11.0 Å². The van der Waals surface area contributed by atoms with E-state index in [-0.39, 0.29) is 36.4 Å². The summed E-state index contributed by atoms with van der Waals surface area (Å²) in [5, 5.41) is 0. The standard InChI is InChI=1S/C29H24F8N2O2/c1-15(18-8-20(28(32,33)34)13-21(9-18)29(35,36)37)41-24-14-39-23(27(24)16-2-4-22(30)5-3-16)10-19(12-26(39)40)17-6-7-38-25(31)11-17/h2-9,11,13,15,19,23-24,27H,10,12,14H2,1H3/t15-,19?,23?,24?,27+/m1/s1. The van der Waals surface area contributed by atoms with Gasteiger partial charge in [-0.1, -0.05) is 12.1 Å². The number of piperidine rings is 1. The van der Waals surface area contributed by atoms with Gasteiger partial charge in [0.1, 0.15) is 5.82 Å². The molecule has 0 bridgehead atoms. The van der Waals surface area contributed by atoms with Crippen LogP contribution in [0, 0.1) is 11.8 Å². The Labute approximate surface area is 229 Å². The summed E-state index contributed by atoms with van der Waals surface area (Å²) in [7, 11) is 0. The molecule has 3 aromatic rings. The SMILES string of the molecule is C[C@@H](OC1CN2C(=O)CC(c3ccnc(F)c3)CC2[C@@H]1c1ccc(F)cc1)c1cc(C(F)(F)F)cc(C(F)(F)F)c1. The zero-order chi connectivity index (χ0) is 29.7. The van der Waals surface area contributed by atoms with Crippen LogP contribution in [-0.2, 0) is 21.9 Å². The number of ether oxygens (including phenoxy) is 1. The molecule has 3 unspecified atom stereocenters. The Balaban J connectivity index is 1.49. The minimum atomic E-state index is -5.02. The normalized spacial score (nSPS) is 23.9. The average Bonchev–Trinajstić information content (AvgIpc) is 3.26. The molecule has 41 heavy (non-hydrogen) atoms. The molecule has 4 nitrogen and oxygen atoms in total. The van der Waals surface area contributed by atoms with Gasteiger partial charge >= 0.3 is 12.4 Å². The highest BCUT2D eigenvalue weighted by Gasteiger charge is 2.49. The van der Waals surface area contributed by atoms with Crippen molar-refractivity contribution in [2.45, 2.75) is 62.2 Å². The van der Waals surface area contributed by atoms with Gasteiger partial charge in [0.25, 0.3) is 0 Å². The molecule has 2 fully saturated rings. The molecule has 1 aromatic heterocycles. The molecule has 2 aliphatic heterocycles. The van der Waals surface area contributed by atoms with E-state index in [1.165, 1.54) is 43.5 Å². The summed E-state index contributed by atoms with van der Waals surface area (Å²) < 4.78 is 114. The van der Waals surface area contributed by atoms with Crippen molar-refractivity contribution in [2.24, 2.45) is 0 Å². The number of carbonyl (C=O) groups excluding carboxylic acids is 1. The van der Waals surface area contributed by atoms with Crippen molar-refractivity contribution in [3.63, 3.8) is 0 Å². The minimum Gasteiger partial charge on any atom is -0.368 e. The average molecular weight is 585 g/mol. The quantitative estimate of drug-likeness (QED) is 0.232. The van der Waals surface area contributed by atoms with E-state index in [9.17, 15) is 39.9 Å². The lowest BCUT2D eigenvalue weighted by Crippen LogP contribution is -2.43. The first-order chi connectivity index (χ1) is 19.2. The molecule has 2 aromatic carbocycles. The van der Waals surface area contributed by atoms with E-state index < -0.39 is 59.4 Å². The molecule has 2 aliphatic rings. The number of hydrogen-bond acceptors (Lipinski definition) is 3. The molecule has 218 valence electrons. The van der Waals surface area contributed by atoms with Gasteiger partial charge in [-0.3, -0.25) is 4.79 Å². The summed E-state index contributed by atoms with van der Waals surface area (Å²) >= 11 is 0. The molecule has 12 heteroatoms. The fourth-order valence-electron chi connectivity index (χ4n) is 5.88. The molecule has 5 rings (SSSR count). The number of fused-ring (bicyclic) bond motifs is 1. The zero-order valence-electron chi connectivity index (χ0n) is 21.5. The first kappa shape index (κ1) is 29.0. The Bertz CT molecular complexity index is 1390. The second-order valence-corrected chi connectivity index (χ2v) is 10.4. The van der Waals surface area contributed by atoms with Crippen molar-refractivity contribution in [3.8, 4) is 0 Å². The fraction of sp³-hybridized carbons (Fsp3) is 0.379. The van der Waals surface area contributed by atoms with Crippen molar-refractivity contribution in [2.75, 3.05) is 6.54 Å². The molecule has 0 saturated carbocycles. The van der Waals surface area contributed by atoms with Gasteiger partial charge in [-0.25, -0.2) is 9.37 Å². The first-order valence-corrected chi connectivity index (χ1v) is 12.8. The highest BCUT2D eigenvalue weighted by atomic mass is 19.4. The van der Waals surface area contributed by atoms with Crippen LogP contribution in [0.5, 0.6) is 0 Å². The van der Waals surface area contributed by atoms with E-state index >= 15 is 0 Å². The van der Waals surface area contributed by atoms with E-state index in [1.807, 2.05) is 0 Å². The van der Waals surface area contributed by atoms with Crippen LogP contribution in [0.1, 0.15) is 65.5 Å². The van der Waals surface area contributed by atoms with E-state index in [0.717, 1.165) is 0 Å². The lowest BCUT2D eigenvalue weighted by molar-refractivity contribution is -0.143. The number of pyridine rings is 1. The maximum absolute atomic E-state index is 13.8. The highest BCUT2D eigenvalue weighted by Crippen LogP contribution is 2.46. The van der Waals surface area contributed by atoms with Gasteiger partial charge in [-0.15, -0.1) is 0 Å². The third-order valence-corrected chi connectivity index (χ3v) is 7.79. The van der Waals surface area contributed by atoms with Gasteiger partial charge in [0.2, 0.25) is 11.9 Å². The van der Waals surface area contributed by atoms with E-state index in [4.69, 9.17) is 4.74 Å². The predicted molar refractivity (Wildman–Crippen MR) is 131 cm³/mol. The van der Waals surface area contributed by atoms with Crippen molar-refractivity contribution in [1.82, 2.24) is 9.88 Å². The van der Waals surface area contributed by atoms with Gasteiger partial charge in [0.15, 0.2) is 0 Å². The summed E-state index contributed by atoms with van der Waals surface area (Å²) in [6, 6.07) is 9.12. The molecule has 0 N–H and O–H groups in total. The van der Waals surface area contributed by atoms with Crippen molar-refractivity contribution in [3.05, 3.63) is 100 Å². The molecular weight excluding hydrogens is 560 g/mol. The number of benzene rings is 2. The van der Waals surface area contributed by atoms with E-state index in [2.05, 4.69) is 4.98 Å². The summed E-state index contributed by atoms with van der Waals surface area (Å²) in [6.07, 6.45) is -10.3. The molecule has 0 radical (unpaired) electrons. The largest absolute Gasteiger partial charge is 0.416 e. The molecular formula is C29H24F8N2O2. The number of nitrogens with zero attached hydrogens (tertiary/aromatic N) is 2. The van der Waals surface area contributed by atoms with Crippen molar-refractivity contribution >= 4 is 5.91 Å². The third-order valence-electron chi connectivity index (χ3n) is 7.79. The lowest BCUT2D eigenvalue weighted by atomic mass is 9.79. The van der Waals surface area contributed by atoms with Crippen LogP contribution in [-0.4, -0.2) is 34.5 Å². The summed E-state index contributed by atoms with van der Waals surface area (Å²) in [5.74, 6) is -2.41. The van der Waals surface area contributed by atoms with Crippen LogP contribution >= 0.6 is 0 Å². The Hall–Kier alpha value is -3.54. The fourth-order valence-corrected chi connectivity index (χ4v) is 5.88. The van der Waals surface area contributed by atoms with Crippen LogP contribution in [0.25, 0.3) is 0 Å². The second-order valence-electron chi connectivity index (χ2n) is 10.4. The number of aromatic nitrogens is 1. The van der Waals surface area contributed by atoms with Crippen molar-refractivity contribution < 1.29 is 44.7 Å². The molecule has 0 aliphatic carbocycles. The van der Waals surface area contributed by atoms with Crippen molar-refractivity contribution in [1.29, 1.82) is 0 Å². The summed E-state index contributed by atoms with van der Waals surface area (Å²) in [4.78, 5) is 18.4. The zero-order valence-corrected chi connectivity index (χ0v) is 21.5. The third kappa shape index (κ3) is 6.07. The number of alkyl halides is 6. The lowest BCUT2D eigenvalue weighted by Gasteiger charge is -2.37. The van der Waals surface area contributed by atoms with Crippen LogP contribution < -0.4 is 0 Å². The minimum absolute atomic E-state index is 0.0262. The predicted octanol–water partition coefficient (Wildman–Crippen LogP) is 7.42. The topological polar surface area (TPSA) is 42.4 Å². The van der Waals surface area contributed by atoms with Gasteiger partial charge in [0, 0.05) is 31.1 Å². The van der Waals surface area contributed by atoms with Crippen LogP contribution in [0.3, 0.4) is 0 Å². The van der Waals surface area contributed by atoms with Crippen LogP contribution in [0.15, 0.2) is 60.8 Å². The maximum Gasteiger partial charge on any atom is 0.416 e. The Kier molecular flexibility index (Phi) is 7.56. The molecule has 1 amide bonds. The maximum atomic E-state index is 13.8. The van der Waals surface area contributed by atoms with Gasteiger partial charge < -0.3 is 9.64 Å². The number of rotatable bonds is 5. The van der Waals surface area contributed by atoms with Gasteiger partial charge in [-0.2, -0.15) is 30.7 Å². The molecule has 3 heterocycles. The molecule has 0 spiro atoms. The summed E-state index contributed by atoms with van der Waals surface area (Å²) in [6.45, 7) is 1.37. The van der Waals surface area contributed by atoms with Gasteiger partial charge in [-0.05, 0) is 78.4 Å². The Morgan fingerprint density at radius 2 is 1.54 bits per heavy atom. The monoisotopic (exact) mass is 584 g/mol. The van der Waals surface area contributed by atoms with Crippen LogP contribution in [0.4, 0.5) is 35.1 Å². The highest BCUT2D eigenvalue weighted by molar-refractivity contribution is 5.79. The Morgan fingerprint density at radius 1 is 0.902 bits per heavy atom. The number of amides is 1. The number of halogens is 8. The molecule has 2 saturated heterocycles. The first-order valence-electron chi connectivity index (χ1n) is 12.8. The smallest absolute Gasteiger partial charge is 0.368 e. The van der Waals surface area contributed by atoms with Gasteiger partial charge in [0.05, 0.1) is 23.3 Å². The summed E-state index contributed by atoms with van der Waals surface area (Å²) in [5.41, 5.74) is -2.08.